The van der Waals surface area contributed by atoms with Crippen LogP contribution in [0.1, 0.15) is 13.3 Å². The molecule has 0 saturated carbocycles. The van der Waals surface area contributed by atoms with Crippen molar-refractivity contribution in [3.8, 4) is 0 Å². The number of nitrogens with two attached hydrogens (primary N) is 1. The lowest BCUT2D eigenvalue weighted by molar-refractivity contribution is 0.589. The van der Waals surface area contributed by atoms with Gasteiger partial charge in [-0.1, -0.05) is 6.92 Å². The van der Waals surface area contributed by atoms with Crippen LogP contribution in [0.4, 0.5) is 0 Å². The highest BCUT2D eigenvalue weighted by Crippen LogP contribution is 1.91. The van der Waals surface area contributed by atoms with Crippen LogP contribution < -0.4 is 5.73 Å². The summed E-state index contributed by atoms with van der Waals surface area (Å²) in [5.41, 5.74) is 5.38. The van der Waals surface area contributed by atoms with E-state index in [1.807, 2.05) is 6.92 Å². The van der Waals surface area contributed by atoms with Crippen LogP contribution in [0.5, 0.6) is 0 Å². The first-order valence-corrected chi connectivity index (χ1v) is 4.95. The zero-order valence-electron chi connectivity index (χ0n) is 5.79. The molecule has 0 aliphatic heterocycles. The summed E-state index contributed by atoms with van der Waals surface area (Å²) < 4.78 is 21.0. The fourth-order valence-corrected chi connectivity index (χ4v) is 1.52. The average molecular weight is 151 g/mol. The number of hydrogen-bond donors (Lipinski definition) is 1. The summed E-state index contributed by atoms with van der Waals surface area (Å²) in [6.07, 6.45) is 1.91. The van der Waals surface area contributed by atoms with Crippen molar-refractivity contribution in [2.75, 3.05) is 12.0 Å². The Morgan fingerprint density at radius 1 is 1.56 bits per heavy atom. The minimum absolute atomic E-state index is 0.101. The van der Waals surface area contributed by atoms with Crippen molar-refractivity contribution in [2.24, 2.45) is 5.73 Å². The summed E-state index contributed by atoms with van der Waals surface area (Å²) >= 11 is 0. The van der Waals surface area contributed by atoms with Gasteiger partial charge in [0.15, 0.2) is 0 Å². The third-order valence-electron chi connectivity index (χ3n) is 1.04. The summed E-state index contributed by atoms with van der Waals surface area (Å²) in [5, 5.41) is 0. The van der Waals surface area contributed by atoms with E-state index in [0.717, 1.165) is 0 Å². The van der Waals surface area contributed by atoms with Crippen LogP contribution in [0.25, 0.3) is 0 Å². The highest BCUT2D eigenvalue weighted by atomic mass is 32.2. The van der Waals surface area contributed by atoms with Crippen molar-refractivity contribution in [3.63, 3.8) is 0 Å². The fraction of sp³-hybridized carbons (Fsp3) is 1.00. The van der Waals surface area contributed by atoms with E-state index in [1.165, 1.54) is 6.26 Å². The Morgan fingerprint density at radius 3 is 2.11 bits per heavy atom. The minimum atomic E-state index is -2.86. The Bertz CT molecular complexity index is 162. The van der Waals surface area contributed by atoms with Crippen molar-refractivity contribution >= 4 is 9.84 Å². The fourth-order valence-electron chi connectivity index (χ4n) is 0.507. The Balaban J connectivity index is 3.75. The second-order valence-corrected chi connectivity index (χ2v) is 4.45. The molecule has 0 aromatic heterocycles. The lowest BCUT2D eigenvalue weighted by atomic mass is 10.3. The van der Waals surface area contributed by atoms with Gasteiger partial charge in [-0.05, 0) is 6.42 Å². The van der Waals surface area contributed by atoms with Crippen molar-refractivity contribution in [1.29, 1.82) is 0 Å². The maximum atomic E-state index is 10.5. The van der Waals surface area contributed by atoms with Crippen LogP contribution >= 0.6 is 0 Å². The van der Waals surface area contributed by atoms with E-state index in [1.54, 1.807) is 0 Å². The standard InChI is InChI=1S/C5H13NO2S/c1-3-5(6)4-9(2,7)8/h5H,3-4,6H2,1-2H3. The second-order valence-electron chi connectivity index (χ2n) is 2.26. The van der Waals surface area contributed by atoms with E-state index in [4.69, 9.17) is 5.73 Å². The van der Waals surface area contributed by atoms with Crippen molar-refractivity contribution < 1.29 is 8.42 Å². The maximum Gasteiger partial charge on any atom is 0.148 e. The second kappa shape index (κ2) is 3.17. The Hall–Kier alpha value is -0.0900. The van der Waals surface area contributed by atoms with Gasteiger partial charge in [-0.3, -0.25) is 0 Å². The van der Waals surface area contributed by atoms with E-state index >= 15 is 0 Å². The third-order valence-corrected chi connectivity index (χ3v) is 2.07. The van der Waals surface area contributed by atoms with Crippen LogP contribution in [0.2, 0.25) is 0 Å². The van der Waals surface area contributed by atoms with Gasteiger partial charge in [-0.15, -0.1) is 0 Å². The highest BCUT2D eigenvalue weighted by molar-refractivity contribution is 7.90. The molecular weight excluding hydrogens is 138 g/mol. The van der Waals surface area contributed by atoms with Gasteiger partial charge >= 0.3 is 0 Å². The molecule has 1 unspecified atom stereocenters. The molecule has 4 heteroatoms. The molecule has 0 aromatic carbocycles. The molecule has 0 bridgehead atoms. The smallest absolute Gasteiger partial charge is 0.148 e. The Labute approximate surface area is 56.2 Å². The summed E-state index contributed by atoms with van der Waals surface area (Å²) in [6, 6.07) is -0.194. The van der Waals surface area contributed by atoms with Gasteiger partial charge < -0.3 is 5.73 Å². The maximum absolute atomic E-state index is 10.5. The molecule has 0 aliphatic rings. The number of rotatable bonds is 3. The average Bonchev–Trinajstić information content (AvgIpc) is 1.62. The van der Waals surface area contributed by atoms with Crippen molar-refractivity contribution in [1.82, 2.24) is 0 Å². The first-order valence-electron chi connectivity index (χ1n) is 2.89. The first-order chi connectivity index (χ1) is 3.95. The summed E-state index contributed by atoms with van der Waals surface area (Å²) in [7, 11) is -2.86. The molecule has 9 heavy (non-hydrogen) atoms. The third kappa shape index (κ3) is 5.79. The molecular formula is C5H13NO2S. The Kier molecular flexibility index (Phi) is 3.14. The summed E-state index contributed by atoms with van der Waals surface area (Å²) in [4.78, 5) is 0. The first kappa shape index (κ1) is 8.91. The van der Waals surface area contributed by atoms with Gasteiger partial charge in [0.25, 0.3) is 0 Å². The summed E-state index contributed by atoms with van der Waals surface area (Å²) in [5.74, 6) is 0.101. The van der Waals surface area contributed by atoms with E-state index in [2.05, 4.69) is 0 Å². The van der Waals surface area contributed by atoms with E-state index in [0.29, 0.717) is 6.42 Å². The van der Waals surface area contributed by atoms with Crippen molar-refractivity contribution in [3.05, 3.63) is 0 Å². The van der Waals surface area contributed by atoms with Gasteiger partial charge in [0.05, 0.1) is 5.75 Å². The van der Waals surface area contributed by atoms with Crippen LogP contribution in [0.3, 0.4) is 0 Å². The molecule has 0 aliphatic carbocycles. The largest absolute Gasteiger partial charge is 0.327 e. The molecule has 0 radical (unpaired) electrons. The Morgan fingerprint density at radius 2 is 2.00 bits per heavy atom. The quantitative estimate of drug-likeness (QED) is 0.606. The number of sulfone groups is 1. The topological polar surface area (TPSA) is 60.2 Å². The van der Waals surface area contributed by atoms with E-state index < -0.39 is 9.84 Å². The molecule has 0 amide bonds. The number of hydrogen-bond acceptors (Lipinski definition) is 3. The van der Waals surface area contributed by atoms with Crippen LogP contribution in [0.15, 0.2) is 0 Å². The monoisotopic (exact) mass is 151 g/mol. The van der Waals surface area contributed by atoms with Gasteiger partial charge in [-0.2, -0.15) is 0 Å². The molecule has 0 spiro atoms. The van der Waals surface area contributed by atoms with Gasteiger partial charge in [-0.25, -0.2) is 8.42 Å². The zero-order valence-corrected chi connectivity index (χ0v) is 6.61. The predicted molar refractivity (Wildman–Crippen MR) is 38.0 cm³/mol. The molecule has 56 valence electrons. The molecule has 0 heterocycles. The van der Waals surface area contributed by atoms with Gasteiger partial charge in [0, 0.05) is 12.3 Å². The van der Waals surface area contributed by atoms with E-state index in [9.17, 15) is 8.42 Å². The lowest BCUT2D eigenvalue weighted by Gasteiger charge is -2.04. The molecule has 0 rings (SSSR count). The molecule has 1 atom stereocenters. The SMILES string of the molecule is CCC(N)CS(C)(=O)=O. The van der Waals surface area contributed by atoms with Crippen LogP contribution in [0, 0.1) is 0 Å². The summed E-state index contributed by atoms with van der Waals surface area (Å²) in [6.45, 7) is 1.87. The zero-order chi connectivity index (χ0) is 7.49. The molecule has 3 nitrogen and oxygen atoms in total. The molecule has 0 saturated heterocycles. The lowest BCUT2D eigenvalue weighted by Crippen LogP contribution is -2.27. The predicted octanol–water partition coefficient (Wildman–Crippen LogP) is -0.232. The molecule has 0 aromatic rings. The highest BCUT2D eigenvalue weighted by Gasteiger charge is 2.07. The normalized spacial score (nSPS) is 15.4. The molecule has 2 N–H and O–H groups in total. The molecule has 0 fully saturated rings. The minimum Gasteiger partial charge on any atom is -0.327 e. The van der Waals surface area contributed by atoms with Crippen molar-refractivity contribution in [2.45, 2.75) is 19.4 Å². The van der Waals surface area contributed by atoms with Crippen LogP contribution in [-0.4, -0.2) is 26.5 Å². The van der Waals surface area contributed by atoms with Gasteiger partial charge in [0.1, 0.15) is 9.84 Å². The van der Waals surface area contributed by atoms with Crippen LogP contribution in [-0.2, 0) is 9.84 Å². The van der Waals surface area contributed by atoms with Gasteiger partial charge in [0.2, 0.25) is 0 Å². The van der Waals surface area contributed by atoms with E-state index in [-0.39, 0.29) is 11.8 Å².